The molecule has 1 rings (SSSR count). The van der Waals surface area contributed by atoms with Gasteiger partial charge in [-0.1, -0.05) is 42.1 Å². The molecule has 0 aromatic carbocycles. The molecule has 1 saturated carbocycles. The monoisotopic (exact) mass is 246 g/mol. The molecule has 76 valence electrons. The Hall–Kier alpha value is 0.150. The number of rotatable bonds is 4. The zero-order valence-corrected chi connectivity index (χ0v) is 9.98. The summed E-state index contributed by atoms with van der Waals surface area (Å²) < 4.78 is 0. The van der Waals surface area contributed by atoms with Crippen molar-refractivity contribution >= 4 is 21.7 Å². The van der Waals surface area contributed by atoms with Crippen molar-refractivity contribution in [3.8, 4) is 0 Å². The number of carbonyl (C=O) groups excluding carboxylic acids is 1. The summed E-state index contributed by atoms with van der Waals surface area (Å²) in [4.78, 5) is 11.6. The van der Waals surface area contributed by atoms with Crippen LogP contribution in [0.15, 0.2) is 0 Å². The second kappa shape index (κ2) is 5.79. The fourth-order valence-electron chi connectivity index (χ4n) is 2.00. The second-order valence-corrected chi connectivity index (χ2v) is 5.23. The van der Waals surface area contributed by atoms with Gasteiger partial charge in [-0.25, -0.2) is 0 Å². The number of ketones is 1. The molecule has 0 aliphatic heterocycles. The second-order valence-electron chi connectivity index (χ2n) is 4.05. The smallest absolute Gasteiger partial charge is 0.134 e. The van der Waals surface area contributed by atoms with Crippen LogP contribution in [0.4, 0.5) is 0 Å². The van der Waals surface area contributed by atoms with Gasteiger partial charge in [-0.3, -0.25) is 4.79 Å². The van der Waals surface area contributed by atoms with Crippen LogP contribution in [-0.4, -0.2) is 10.6 Å². The molecule has 13 heavy (non-hydrogen) atoms. The third kappa shape index (κ3) is 3.80. The third-order valence-corrected chi connectivity index (χ3v) is 3.98. The molecular weight excluding hydrogens is 228 g/mol. The predicted octanol–water partition coefficient (Wildman–Crippen LogP) is 3.70. The van der Waals surface area contributed by atoms with E-state index in [1.165, 1.54) is 25.7 Å². The maximum atomic E-state index is 11.1. The molecule has 2 atom stereocenters. The van der Waals surface area contributed by atoms with Gasteiger partial charge < -0.3 is 0 Å². The van der Waals surface area contributed by atoms with Crippen molar-refractivity contribution in [2.75, 3.05) is 0 Å². The molecule has 1 fully saturated rings. The Morgan fingerprint density at radius 2 is 2.23 bits per heavy atom. The van der Waals surface area contributed by atoms with Crippen LogP contribution in [0.5, 0.6) is 0 Å². The molecule has 0 bridgehead atoms. The highest BCUT2D eigenvalue weighted by molar-refractivity contribution is 9.09. The van der Waals surface area contributed by atoms with E-state index in [2.05, 4.69) is 22.9 Å². The first kappa shape index (κ1) is 11.2. The highest BCUT2D eigenvalue weighted by atomic mass is 79.9. The lowest BCUT2D eigenvalue weighted by Gasteiger charge is -2.26. The molecule has 1 nitrogen and oxygen atoms in total. The Bertz CT molecular complexity index is 167. The number of halogens is 1. The summed E-state index contributed by atoms with van der Waals surface area (Å²) in [6.07, 6.45) is 7.95. The van der Waals surface area contributed by atoms with Gasteiger partial charge in [0.25, 0.3) is 0 Å². The molecule has 2 heteroatoms. The van der Waals surface area contributed by atoms with Crippen LogP contribution in [-0.2, 0) is 4.79 Å². The SMILES string of the molecule is CCCCCC1CCC(=O)CC1Br. The van der Waals surface area contributed by atoms with Crippen LogP contribution in [0.2, 0.25) is 0 Å². The maximum Gasteiger partial charge on any atom is 0.134 e. The van der Waals surface area contributed by atoms with Gasteiger partial charge in [-0.2, -0.15) is 0 Å². The van der Waals surface area contributed by atoms with E-state index in [4.69, 9.17) is 0 Å². The predicted molar refractivity (Wildman–Crippen MR) is 59.2 cm³/mol. The van der Waals surface area contributed by atoms with Crippen molar-refractivity contribution in [2.45, 2.75) is 56.7 Å². The van der Waals surface area contributed by atoms with Crippen LogP contribution in [0.3, 0.4) is 0 Å². The third-order valence-electron chi connectivity index (χ3n) is 2.91. The lowest BCUT2D eigenvalue weighted by molar-refractivity contribution is -0.120. The summed E-state index contributed by atoms with van der Waals surface area (Å²) in [5.41, 5.74) is 0. The van der Waals surface area contributed by atoms with E-state index >= 15 is 0 Å². The van der Waals surface area contributed by atoms with Crippen molar-refractivity contribution in [2.24, 2.45) is 5.92 Å². The average molecular weight is 247 g/mol. The van der Waals surface area contributed by atoms with Crippen LogP contribution in [0.1, 0.15) is 51.9 Å². The quantitative estimate of drug-likeness (QED) is 0.546. The Kier molecular flexibility index (Phi) is 5.00. The van der Waals surface area contributed by atoms with Gasteiger partial charge >= 0.3 is 0 Å². The van der Waals surface area contributed by atoms with Gasteiger partial charge in [-0.15, -0.1) is 0 Å². The van der Waals surface area contributed by atoms with Crippen LogP contribution in [0, 0.1) is 5.92 Å². The summed E-state index contributed by atoms with van der Waals surface area (Å²) in [7, 11) is 0. The fraction of sp³-hybridized carbons (Fsp3) is 0.909. The first-order valence-electron chi connectivity index (χ1n) is 5.39. The fourth-order valence-corrected chi connectivity index (χ4v) is 2.88. The Morgan fingerprint density at radius 1 is 1.46 bits per heavy atom. The number of hydrogen-bond acceptors (Lipinski definition) is 1. The summed E-state index contributed by atoms with van der Waals surface area (Å²) >= 11 is 3.63. The molecule has 0 aromatic heterocycles. The van der Waals surface area contributed by atoms with Crippen molar-refractivity contribution in [3.63, 3.8) is 0 Å². The Morgan fingerprint density at radius 3 is 2.85 bits per heavy atom. The van der Waals surface area contributed by atoms with Crippen LogP contribution >= 0.6 is 15.9 Å². The number of unbranched alkanes of at least 4 members (excludes halogenated alkanes) is 2. The van der Waals surface area contributed by atoms with Crippen LogP contribution in [0.25, 0.3) is 0 Å². The van der Waals surface area contributed by atoms with E-state index < -0.39 is 0 Å². The number of carbonyl (C=O) groups is 1. The first-order valence-corrected chi connectivity index (χ1v) is 6.31. The molecule has 0 heterocycles. The lowest BCUT2D eigenvalue weighted by atomic mass is 9.85. The molecule has 0 saturated heterocycles. The van der Waals surface area contributed by atoms with Crippen molar-refractivity contribution in [1.82, 2.24) is 0 Å². The first-order chi connectivity index (χ1) is 6.24. The molecule has 0 N–H and O–H groups in total. The van der Waals surface area contributed by atoms with Gasteiger partial charge in [0.2, 0.25) is 0 Å². The van der Waals surface area contributed by atoms with E-state index in [0.717, 1.165) is 25.2 Å². The maximum absolute atomic E-state index is 11.1. The Balaban J connectivity index is 2.21. The highest BCUT2D eigenvalue weighted by Gasteiger charge is 2.26. The van der Waals surface area contributed by atoms with E-state index in [1.807, 2.05) is 0 Å². The summed E-state index contributed by atoms with van der Waals surface area (Å²) in [5.74, 6) is 1.19. The van der Waals surface area contributed by atoms with Gasteiger partial charge in [0.1, 0.15) is 5.78 Å². The van der Waals surface area contributed by atoms with Crippen molar-refractivity contribution in [1.29, 1.82) is 0 Å². The van der Waals surface area contributed by atoms with Gasteiger partial charge in [-0.05, 0) is 18.8 Å². The highest BCUT2D eigenvalue weighted by Crippen LogP contribution is 2.31. The minimum atomic E-state index is 0.439. The number of hydrogen-bond donors (Lipinski definition) is 0. The van der Waals surface area contributed by atoms with Gasteiger partial charge in [0.05, 0.1) is 0 Å². The number of Topliss-reactive ketones (excluding diaryl/α,β-unsaturated/α-hetero) is 1. The topological polar surface area (TPSA) is 17.1 Å². The van der Waals surface area contributed by atoms with E-state index in [0.29, 0.717) is 10.6 Å². The normalized spacial score (nSPS) is 29.2. The van der Waals surface area contributed by atoms with Gasteiger partial charge in [0.15, 0.2) is 0 Å². The van der Waals surface area contributed by atoms with E-state index in [9.17, 15) is 4.79 Å². The Labute approximate surface area is 89.4 Å². The van der Waals surface area contributed by atoms with Crippen molar-refractivity contribution in [3.05, 3.63) is 0 Å². The molecule has 0 radical (unpaired) electrons. The minimum absolute atomic E-state index is 0.439. The molecule has 1 aliphatic carbocycles. The average Bonchev–Trinajstić information content (AvgIpc) is 2.09. The molecule has 1 aliphatic rings. The summed E-state index contributed by atoms with van der Waals surface area (Å²) in [6, 6.07) is 0. The van der Waals surface area contributed by atoms with Crippen LogP contribution < -0.4 is 0 Å². The van der Waals surface area contributed by atoms with E-state index in [1.54, 1.807) is 0 Å². The molecule has 0 spiro atoms. The lowest BCUT2D eigenvalue weighted by Crippen LogP contribution is -2.24. The van der Waals surface area contributed by atoms with E-state index in [-0.39, 0.29) is 0 Å². The summed E-state index contributed by atoms with van der Waals surface area (Å²) in [5, 5.41) is 0. The molecular formula is C11H19BrO. The summed E-state index contributed by atoms with van der Waals surface area (Å²) in [6.45, 7) is 2.23. The number of alkyl halides is 1. The molecule has 0 aromatic rings. The minimum Gasteiger partial charge on any atom is -0.300 e. The standard InChI is InChI=1S/C11H19BrO/c1-2-3-4-5-9-6-7-10(13)8-11(9)12/h9,11H,2-8H2,1H3. The molecule has 0 amide bonds. The zero-order valence-electron chi connectivity index (χ0n) is 8.39. The largest absolute Gasteiger partial charge is 0.300 e. The zero-order chi connectivity index (χ0) is 9.68. The molecule has 2 unspecified atom stereocenters. The van der Waals surface area contributed by atoms with Crippen molar-refractivity contribution < 1.29 is 4.79 Å². The van der Waals surface area contributed by atoms with Gasteiger partial charge in [0, 0.05) is 17.7 Å².